The number of carbonyl (C=O) groups is 2. The average Bonchev–Trinajstić information content (AvgIpc) is 1.25. The molecule has 7 heteroatoms. The molecule has 0 aromatic heterocycles. The molecule has 0 saturated carbocycles. The number of rotatable bonds is 0. The standard InChI is InChI=1S/2CH2O2S.Pb/c2*2-1(3)4;/h2*4H,(H,2,3);/p-4. The molecule has 0 unspecified atom stereocenters. The van der Waals surface area contributed by atoms with Gasteiger partial charge in [0.2, 0.25) is 0 Å². The van der Waals surface area contributed by atoms with Crippen LogP contribution in [0.1, 0.15) is 0 Å². The topological polar surface area (TPSA) is 80.3 Å². The molecule has 0 aromatic carbocycles. The second-order valence-electron chi connectivity index (χ2n) is 0.500. The summed E-state index contributed by atoms with van der Waals surface area (Å²) >= 11 is 6.85. The molecule has 0 fully saturated rings. The monoisotopic (exact) mass is 360 g/mol. The van der Waals surface area contributed by atoms with Gasteiger partial charge < -0.3 is 45.1 Å². The molecule has 4 radical (unpaired) electrons. The van der Waals surface area contributed by atoms with Gasteiger partial charge in [-0.05, 0) is 0 Å². The molecule has 0 rings (SSSR count). The first-order valence-corrected chi connectivity index (χ1v) is 2.04. The Morgan fingerprint density at radius 2 is 1.00 bits per heavy atom. The third kappa shape index (κ3) is 3610. The first-order chi connectivity index (χ1) is 3.46. The predicted molar refractivity (Wildman–Crippen MR) is 31.3 cm³/mol. The molecule has 0 N–H and O–H groups in total. The molecule has 0 amide bonds. The summed E-state index contributed by atoms with van der Waals surface area (Å²) in [5.74, 6) is 0. The van der Waals surface area contributed by atoms with Gasteiger partial charge in [-0.2, -0.15) is 0 Å². The quantitative estimate of drug-likeness (QED) is 0.348. The van der Waals surface area contributed by atoms with E-state index in [1.165, 1.54) is 0 Å². The molecule has 0 atom stereocenters. The van der Waals surface area contributed by atoms with E-state index in [1.807, 2.05) is 0 Å². The molecule has 9 heavy (non-hydrogen) atoms. The maximum absolute atomic E-state index is 8.70. The van der Waals surface area contributed by atoms with Gasteiger partial charge in [0.15, 0.2) is 0 Å². The molecule has 0 aliphatic carbocycles. The molecule has 0 aromatic rings. The summed E-state index contributed by atoms with van der Waals surface area (Å²) in [5.41, 5.74) is 0. The summed E-state index contributed by atoms with van der Waals surface area (Å²) in [5, 5.41) is 14.4. The summed E-state index contributed by atoms with van der Waals surface area (Å²) in [7, 11) is 0. The Labute approximate surface area is 82.6 Å². The smallest absolute Gasteiger partial charge is 0 e. The molecule has 52 valence electrons. The van der Waals surface area contributed by atoms with E-state index < -0.39 is 10.6 Å². The second kappa shape index (κ2) is 11.1. The molecule has 0 heterocycles. The normalized spacial score (nSPS) is 5.33. The van der Waals surface area contributed by atoms with Crippen LogP contribution in [0.4, 0.5) is 9.59 Å². The molecule has 0 aliphatic heterocycles. The first-order valence-electron chi connectivity index (χ1n) is 1.22. The predicted octanol–water partition coefficient (Wildman–Crippen LogP) is -2.63. The minimum Gasteiger partial charge on any atom is -0.764 e. The van der Waals surface area contributed by atoms with Crippen LogP contribution >= 0.6 is 0 Å². The van der Waals surface area contributed by atoms with Crippen LogP contribution in [0.15, 0.2) is 0 Å². The Balaban J connectivity index is -0.0000000720. The van der Waals surface area contributed by atoms with E-state index >= 15 is 0 Å². The molecule has 0 bridgehead atoms. The Morgan fingerprint density at radius 1 is 1.00 bits per heavy atom. The minimum absolute atomic E-state index is 0. The zero-order valence-corrected chi connectivity index (χ0v) is 9.47. The largest absolute Gasteiger partial charge is 0.764 e. The van der Waals surface area contributed by atoms with Crippen molar-refractivity contribution in [2.45, 2.75) is 0 Å². The maximum Gasteiger partial charge on any atom is 0 e. The van der Waals surface area contributed by atoms with Gasteiger partial charge in [-0.1, -0.05) is 10.6 Å². The number of hydrogen-bond donors (Lipinski definition) is 0. The summed E-state index contributed by atoms with van der Waals surface area (Å²) in [6.45, 7) is 0. The molecule has 0 saturated heterocycles. The van der Waals surface area contributed by atoms with E-state index in [0.717, 1.165) is 0 Å². The summed E-state index contributed by atoms with van der Waals surface area (Å²) in [6.07, 6.45) is 0. The maximum atomic E-state index is 8.70. The molecule has 4 nitrogen and oxygen atoms in total. The van der Waals surface area contributed by atoms with E-state index in [9.17, 15) is 0 Å². The fraction of sp³-hybridized carbons (Fsp3) is 0. The molecule has 0 aliphatic rings. The van der Waals surface area contributed by atoms with Crippen molar-refractivity contribution >= 4 is 63.2 Å². The van der Waals surface area contributed by atoms with Crippen LogP contribution in [0, 0.1) is 0 Å². The van der Waals surface area contributed by atoms with Crippen molar-refractivity contribution in [1.82, 2.24) is 0 Å². The third-order valence-corrected chi connectivity index (χ3v) is 0. The first kappa shape index (κ1) is 16.1. The Morgan fingerprint density at radius 3 is 1.00 bits per heavy atom. The van der Waals surface area contributed by atoms with Crippen molar-refractivity contribution in [2.75, 3.05) is 0 Å². The van der Waals surface area contributed by atoms with Gasteiger partial charge in [0.25, 0.3) is 0 Å². The second-order valence-corrected chi connectivity index (χ2v) is 1.17. The minimum atomic E-state index is -1.50. The van der Waals surface area contributed by atoms with Crippen molar-refractivity contribution < 1.29 is 19.8 Å². The summed E-state index contributed by atoms with van der Waals surface area (Å²) < 4.78 is 0. The number of carbonyl (C=O) groups excluding carboxylic acids is 2. The van der Waals surface area contributed by atoms with Crippen LogP contribution in [-0.4, -0.2) is 37.9 Å². The van der Waals surface area contributed by atoms with E-state index in [2.05, 4.69) is 25.3 Å². The van der Waals surface area contributed by atoms with Crippen LogP contribution in [0.2, 0.25) is 0 Å². The summed E-state index contributed by atoms with van der Waals surface area (Å²) in [4.78, 5) is 17.4. The van der Waals surface area contributed by atoms with Crippen molar-refractivity contribution in [3.63, 3.8) is 0 Å². The van der Waals surface area contributed by atoms with Crippen molar-refractivity contribution in [2.24, 2.45) is 0 Å². The fourth-order valence-electron chi connectivity index (χ4n) is 0. The van der Waals surface area contributed by atoms with Crippen molar-refractivity contribution in [3.05, 3.63) is 0 Å². The van der Waals surface area contributed by atoms with E-state index in [-0.39, 0.29) is 27.3 Å². The van der Waals surface area contributed by atoms with Crippen LogP contribution in [0.3, 0.4) is 0 Å². The average molecular weight is 359 g/mol. The molecular weight excluding hydrogens is 359 g/mol. The number of hydrogen-bond acceptors (Lipinski definition) is 6. The third-order valence-electron chi connectivity index (χ3n) is 0. The van der Waals surface area contributed by atoms with E-state index in [1.54, 1.807) is 0 Å². The molecular formula is C2O4PbS2-4. The van der Waals surface area contributed by atoms with E-state index in [0.29, 0.717) is 0 Å². The van der Waals surface area contributed by atoms with E-state index in [4.69, 9.17) is 19.8 Å². The Bertz CT molecular complexity index is 74.6. The SMILES string of the molecule is O=C([O-])[S-].O=C([O-])[S-].[Pb]. The van der Waals surface area contributed by atoms with Crippen LogP contribution < -0.4 is 10.2 Å². The van der Waals surface area contributed by atoms with Gasteiger partial charge in [-0.25, -0.2) is 0 Å². The van der Waals surface area contributed by atoms with Crippen LogP contribution in [-0.2, 0) is 25.3 Å². The van der Waals surface area contributed by atoms with Gasteiger partial charge in [0.1, 0.15) is 0 Å². The van der Waals surface area contributed by atoms with Gasteiger partial charge in [0.05, 0.1) is 0 Å². The van der Waals surface area contributed by atoms with Crippen molar-refractivity contribution in [3.8, 4) is 0 Å². The van der Waals surface area contributed by atoms with Gasteiger partial charge in [-0.15, -0.1) is 0 Å². The molecule has 0 spiro atoms. The van der Waals surface area contributed by atoms with Gasteiger partial charge >= 0.3 is 0 Å². The van der Waals surface area contributed by atoms with Crippen LogP contribution in [0.25, 0.3) is 0 Å². The zero-order valence-electron chi connectivity index (χ0n) is 3.95. The number of carboxylic acid groups (broad SMARTS) is 2. The Hall–Kier alpha value is 0.302. The van der Waals surface area contributed by atoms with Crippen molar-refractivity contribution in [1.29, 1.82) is 0 Å². The Kier molecular flexibility index (Phi) is 20.0. The summed E-state index contributed by atoms with van der Waals surface area (Å²) in [6, 6.07) is 0. The van der Waals surface area contributed by atoms with Gasteiger partial charge in [-0.3, -0.25) is 0 Å². The fourth-order valence-corrected chi connectivity index (χ4v) is 0. The van der Waals surface area contributed by atoms with Gasteiger partial charge in [0, 0.05) is 27.3 Å². The van der Waals surface area contributed by atoms with Crippen LogP contribution in [0.5, 0.6) is 0 Å². The zero-order chi connectivity index (χ0) is 7.15.